The lowest BCUT2D eigenvalue weighted by molar-refractivity contribution is -0.232. The van der Waals surface area contributed by atoms with Gasteiger partial charge in [-0.3, -0.25) is 19.7 Å². The van der Waals surface area contributed by atoms with Gasteiger partial charge in [0, 0.05) is 29.3 Å². The van der Waals surface area contributed by atoms with E-state index in [2.05, 4.69) is 20.5 Å². The molecule has 2 amide bonds. The summed E-state index contributed by atoms with van der Waals surface area (Å²) in [4.78, 5) is 31.9. The number of hydrogen-bond donors (Lipinski definition) is 2. The molecule has 0 aliphatic carbocycles. The fourth-order valence-corrected chi connectivity index (χ4v) is 5.62. The van der Waals surface area contributed by atoms with E-state index in [1.807, 2.05) is 0 Å². The molecule has 0 radical (unpaired) electrons. The summed E-state index contributed by atoms with van der Waals surface area (Å²) in [5, 5.41) is 9.69. The Bertz CT molecular complexity index is 1130. The molecule has 3 fully saturated rings. The second kappa shape index (κ2) is 9.45. The third-order valence-electron chi connectivity index (χ3n) is 7.40. The first kappa shape index (κ1) is 24.7. The smallest absolute Gasteiger partial charge is 0.367 e. The lowest BCUT2D eigenvalue weighted by Gasteiger charge is -2.39. The number of rotatable bonds is 4. The lowest BCUT2D eigenvalue weighted by Crippen LogP contribution is -2.52. The fraction of sp³-hybridized carbons (Fsp3) is 0.583. The van der Waals surface area contributed by atoms with Crippen LogP contribution in [-0.2, 0) is 9.53 Å². The SMILES string of the molecule is Cc1cc(-c2cc(C(=O)N3[C@@H]4CC[C@H]3C[C@H](C(=O)N[C@@H]3CC[C@H](C(F)(F)F)OC3)C4)n[nH]2)c(F)cn1. The van der Waals surface area contributed by atoms with Crippen molar-refractivity contribution < 1.29 is 31.9 Å². The number of aromatic amines is 1. The zero-order valence-electron chi connectivity index (χ0n) is 19.6. The van der Waals surface area contributed by atoms with Crippen molar-refractivity contribution in [3.63, 3.8) is 0 Å². The number of hydrogen-bond acceptors (Lipinski definition) is 5. The summed E-state index contributed by atoms with van der Waals surface area (Å²) in [6.07, 6.45) is -2.56. The fourth-order valence-electron chi connectivity index (χ4n) is 5.62. The molecule has 0 saturated carbocycles. The number of halogens is 4. The van der Waals surface area contributed by atoms with Gasteiger partial charge < -0.3 is 15.0 Å². The van der Waals surface area contributed by atoms with E-state index in [1.165, 1.54) is 6.07 Å². The second-order valence-corrected chi connectivity index (χ2v) is 9.88. The number of alkyl halides is 3. The Hall–Kier alpha value is -3.02. The van der Waals surface area contributed by atoms with Crippen molar-refractivity contribution in [1.29, 1.82) is 0 Å². The van der Waals surface area contributed by atoms with Crippen LogP contribution in [-0.4, -0.2) is 68.9 Å². The summed E-state index contributed by atoms with van der Waals surface area (Å²) in [7, 11) is 0. The third kappa shape index (κ3) is 4.82. The Balaban J connectivity index is 1.20. The quantitative estimate of drug-likeness (QED) is 0.615. The number of carbonyl (C=O) groups excluding carboxylic acids is 2. The van der Waals surface area contributed by atoms with E-state index in [0.717, 1.165) is 19.0 Å². The van der Waals surface area contributed by atoms with Gasteiger partial charge in [-0.05, 0) is 57.6 Å². The average Bonchev–Trinajstić information content (AvgIpc) is 3.42. The number of carbonyl (C=O) groups is 2. The van der Waals surface area contributed by atoms with Gasteiger partial charge in [-0.2, -0.15) is 18.3 Å². The molecule has 12 heteroatoms. The minimum Gasteiger partial charge on any atom is -0.367 e. The van der Waals surface area contributed by atoms with Gasteiger partial charge in [0.25, 0.3) is 5.91 Å². The van der Waals surface area contributed by atoms with Crippen LogP contribution in [0.5, 0.6) is 0 Å². The highest BCUT2D eigenvalue weighted by atomic mass is 19.4. The number of amides is 2. The molecule has 194 valence electrons. The number of pyridine rings is 1. The third-order valence-corrected chi connectivity index (χ3v) is 7.40. The Morgan fingerprint density at radius 3 is 2.50 bits per heavy atom. The average molecular weight is 510 g/mol. The van der Waals surface area contributed by atoms with E-state index in [-0.39, 0.29) is 60.5 Å². The molecule has 8 nitrogen and oxygen atoms in total. The van der Waals surface area contributed by atoms with Gasteiger partial charge >= 0.3 is 6.18 Å². The van der Waals surface area contributed by atoms with Crippen LogP contribution in [0.3, 0.4) is 0 Å². The molecule has 2 aromatic heterocycles. The molecule has 2 bridgehead atoms. The van der Waals surface area contributed by atoms with E-state index < -0.39 is 24.1 Å². The lowest BCUT2D eigenvalue weighted by atomic mass is 9.89. The second-order valence-electron chi connectivity index (χ2n) is 9.88. The number of nitrogens with zero attached hydrogens (tertiary/aromatic N) is 3. The van der Waals surface area contributed by atoms with Crippen molar-refractivity contribution in [2.45, 2.75) is 75.9 Å². The molecular formula is C24H27F4N5O3. The number of piperidine rings is 1. The van der Waals surface area contributed by atoms with E-state index in [1.54, 1.807) is 17.9 Å². The predicted molar refractivity (Wildman–Crippen MR) is 119 cm³/mol. The molecule has 0 spiro atoms. The molecule has 2 aromatic rings. The van der Waals surface area contributed by atoms with Crippen LogP contribution in [0.1, 0.15) is 54.7 Å². The number of aromatic nitrogens is 3. The van der Waals surface area contributed by atoms with Crippen LogP contribution in [0.25, 0.3) is 11.3 Å². The highest BCUT2D eigenvalue weighted by Gasteiger charge is 2.47. The van der Waals surface area contributed by atoms with Gasteiger partial charge in [-0.15, -0.1) is 0 Å². The van der Waals surface area contributed by atoms with Crippen molar-refractivity contribution in [1.82, 2.24) is 25.4 Å². The van der Waals surface area contributed by atoms with Gasteiger partial charge in [0.2, 0.25) is 5.91 Å². The predicted octanol–water partition coefficient (Wildman–Crippen LogP) is 3.53. The molecule has 36 heavy (non-hydrogen) atoms. The zero-order chi connectivity index (χ0) is 25.6. The molecular weight excluding hydrogens is 482 g/mol. The molecule has 2 N–H and O–H groups in total. The van der Waals surface area contributed by atoms with Crippen LogP contribution >= 0.6 is 0 Å². The highest BCUT2D eigenvalue weighted by molar-refractivity contribution is 5.94. The van der Waals surface area contributed by atoms with Crippen LogP contribution < -0.4 is 5.32 Å². The Labute approximate surface area is 204 Å². The number of ether oxygens (including phenoxy) is 1. The van der Waals surface area contributed by atoms with E-state index in [9.17, 15) is 27.2 Å². The van der Waals surface area contributed by atoms with E-state index >= 15 is 0 Å². The molecule has 3 aliphatic heterocycles. The zero-order valence-corrected chi connectivity index (χ0v) is 19.6. The molecule has 0 unspecified atom stereocenters. The van der Waals surface area contributed by atoms with Gasteiger partial charge in [0.1, 0.15) is 0 Å². The van der Waals surface area contributed by atoms with Crippen molar-refractivity contribution >= 4 is 11.8 Å². The van der Waals surface area contributed by atoms with Crippen molar-refractivity contribution in [3.8, 4) is 11.3 Å². The minimum atomic E-state index is -4.39. The van der Waals surface area contributed by atoms with Crippen LogP contribution in [0.2, 0.25) is 0 Å². The van der Waals surface area contributed by atoms with Crippen molar-refractivity contribution in [2.24, 2.45) is 5.92 Å². The monoisotopic (exact) mass is 509 g/mol. The number of fused-ring (bicyclic) bond motifs is 2. The van der Waals surface area contributed by atoms with Crippen LogP contribution in [0.15, 0.2) is 18.3 Å². The van der Waals surface area contributed by atoms with Crippen molar-refractivity contribution in [3.05, 3.63) is 35.5 Å². The topological polar surface area (TPSA) is 100 Å². The molecule has 5 rings (SSSR count). The van der Waals surface area contributed by atoms with Crippen molar-refractivity contribution in [2.75, 3.05) is 6.61 Å². The number of nitrogens with one attached hydrogen (secondary N) is 2. The maximum Gasteiger partial charge on any atom is 0.414 e. The standard InChI is InChI=1S/C24H27F4N5O3/c1-12-6-17(18(25)10-29-12)19-9-20(32-31-19)23(35)33-15-3-4-16(33)8-13(7-15)22(34)30-14-2-5-21(36-11-14)24(26,27)28/h6,9-10,13-16,21H,2-5,7-8,11H2,1H3,(H,30,34)(H,31,32)/t13-,14-,15-,16+,21-/m1/s1. The maximum atomic E-state index is 14.2. The molecule has 5 heterocycles. The first-order valence-corrected chi connectivity index (χ1v) is 12.1. The maximum absolute atomic E-state index is 14.2. The minimum absolute atomic E-state index is 0.135. The molecule has 5 atom stereocenters. The summed E-state index contributed by atoms with van der Waals surface area (Å²) >= 11 is 0. The number of H-pyrrole nitrogens is 1. The Kier molecular flexibility index (Phi) is 6.48. The van der Waals surface area contributed by atoms with E-state index in [4.69, 9.17) is 4.74 Å². The molecule has 3 aliphatic rings. The van der Waals surface area contributed by atoms with E-state index in [0.29, 0.717) is 24.2 Å². The summed E-state index contributed by atoms with van der Waals surface area (Å²) < 4.78 is 57.5. The highest BCUT2D eigenvalue weighted by Crippen LogP contribution is 2.40. The van der Waals surface area contributed by atoms with Gasteiger partial charge in [0.15, 0.2) is 17.6 Å². The van der Waals surface area contributed by atoms with Gasteiger partial charge in [-0.25, -0.2) is 4.39 Å². The molecule has 0 aromatic carbocycles. The van der Waals surface area contributed by atoms with Gasteiger partial charge in [0.05, 0.1) is 24.5 Å². The largest absolute Gasteiger partial charge is 0.414 e. The first-order valence-electron chi connectivity index (χ1n) is 12.1. The normalized spacial score (nSPS) is 28.2. The summed E-state index contributed by atoms with van der Waals surface area (Å²) in [6.45, 7) is 1.57. The molecule has 3 saturated heterocycles. The summed E-state index contributed by atoms with van der Waals surface area (Å²) in [5.41, 5.74) is 1.47. The Morgan fingerprint density at radius 1 is 1.14 bits per heavy atom. The first-order chi connectivity index (χ1) is 17.1. The Morgan fingerprint density at radius 2 is 1.86 bits per heavy atom. The summed E-state index contributed by atoms with van der Waals surface area (Å²) in [6, 6.07) is 2.38. The van der Waals surface area contributed by atoms with Gasteiger partial charge in [-0.1, -0.05) is 0 Å². The summed E-state index contributed by atoms with van der Waals surface area (Å²) in [5.74, 6) is -1.32. The van der Waals surface area contributed by atoms with Crippen LogP contribution in [0, 0.1) is 18.7 Å². The van der Waals surface area contributed by atoms with Crippen LogP contribution in [0.4, 0.5) is 17.6 Å². The number of aryl methyl sites for hydroxylation is 1.